The summed E-state index contributed by atoms with van der Waals surface area (Å²) in [5.41, 5.74) is 0. The summed E-state index contributed by atoms with van der Waals surface area (Å²) in [5, 5.41) is 40.2. The third kappa shape index (κ3) is 35.4. The van der Waals surface area contributed by atoms with Crippen LogP contribution in [0.5, 0.6) is 0 Å². The second kappa shape index (κ2) is 45.3. The van der Waals surface area contributed by atoms with Gasteiger partial charge in [0.05, 0.1) is 19.8 Å². The molecule has 6 unspecified atom stereocenters. The van der Waals surface area contributed by atoms with Crippen molar-refractivity contribution in [1.29, 1.82) is 0 Å². The van der Waals surface area contributed by atoms with Gasteiger partial charge in [0.15, 0.2) is 6.29 Å². The van der Waals surface area contributed by atoms with E-state index in [0.717, 1.165) is 77.0 Å². The van der Waals surface area contributed by atoms with E-state index in [1.54, 1.807) is 0 Å². The Balaban J connectivity index is 2.28. The lowest BCUT2D eigenvalue weighted by Crippen LogP contribution is -2.59. The minimum atomic E-state index is -1.55. The van der Waals surface area contributed by atoms with Crippen LogP contribution in [0.4, 0.5) is 0 Å². The predicted octanol–water partition coefficient (Wildman–Crippen LogP) is 12.4. The molecule has 1 aliphatic heterocycles. The smallest absolute Gasteiger partial charge is 0.306 e. The maximum Gasteiger partial charge on any atom is 0.306 e. The molecule has 9 nitrogen and oxygen atoms in total. The molecule has 1 saturated heterocycles. The zero-order chi connectivity index (χ0) is 46.4. The van der Waals surface area contributed by atoms with Gasteiger partial charge in [0.25, 0.3) is 0 Å². The van der Waals surface area contributed by atoms with Crippen LogP contribution in [0, 0.1) is 0 Å². The minimum Gasteiger partial charge on any atom is -0.457 e. The topological polar surface area (TPSA) is 135 Å². The fourth-order valence-corrected chi connectivity index (χ4v) is 7.07. The van der Waals surface area contributed by atoms with Crippen molar-refractivity contribution in [1.82, 2.24) is 0 Å². The molecule has 0 aromatic carbocycles. The molecule has 6 atom stereocenters. The zero-order valence-corrected chi connectivity index (χ0v) is 40.2. The van der Waals surface area contributed by atoms with E-state index in [-0.39, 0.29) is 19.2 Å². The highest BCUT2D eigenvalue weighted by atomic mass is 16.7. The third-order valence-electron chi connectivity index (χ3n) is 11.0. The lowest BCUT2D eigenvalue weighted by atomic mass is 9.99. The van der Waals surface area contributed by atoms with E-state index in [0.29, 0.717) is 13.0 Å². The molecule has 0 aromatic heterocycles. The Bertz CT molecular complexity index is 1300. The van der Waals surface area contributed by atoms with Crippen LogP contribution in [0.2, 0.25) is 0 Å². The van der Waals surface area contributed by atoms with Crippen LogP contribution in [0.1, 0.15) is 181 Å². The highest BCUT2D eigenvalue weighted by molar-refractivity contribution is 5.69. The van der Waals surface area contributed by atoms with Gasteiger partial charge in [0.2, 0.25) is 0 Å². The molecule has 9 heteroatoms. The van der Waals surface area contributed by atoms with Gasteiger partial charge in [-0.2, -0.15) is 0 Å². The van der Waals surface area contributed by atoms with Gasteiger partial charge in [-0.15, -0.1) is 0 Å². The number of hydrogen-bond acceptors (Lipinski definition) is 9. The molecule has 0 amide bonds. The lowest BCUT2D eigenvalue weighted by molar-refractivity contribution is -0.305. The van der Waals surface area contributed by atoms with E-state index in [9.17, 15) is 25.2 Å². The minimum absolute atomic E-state index is 0.0971. The van der Waals surface area contributed by atoms with Crippen molar-refractivity contribution < 1.29 is 44.2 Å². The number of aliphatic hydroxyl groups excluding tert-OH is 4. The van der Waals surface area contributed by atoms with Crippen LogP contribution in [-0.4, -0.2) is 89.6 Å². The van der Waals surface area contributed by atoms with Crippen LogP contribution in [0.3, 0.4) is 0 Å². The maximum absolute atomic E-state index is 12.8. The van der Waals surface area contributed by atoms with Crippen molar-refractivity contribution in [2.75, 3.05) is 26.4 Å². The van der Waals surface area contributed by atoms with Gasteiger partial charge in [-0.1, -0.05) is 182 Å². The first-order valence-corrected chi connectivity index (χ1v) is 25.3. The first-order valence-electron chi connectivity index (χ1n) is 25.3. The highest BCUT2D eigenvalue weighted by Crippen LogP contribution is 2.22. The molecule has 1 rings (SSSR count). The number of aliphatic hydroxyl groups is 4. The first kappa shape index (κ1) is 59.1. The summed E-state index contributed by atoms with van der Waals surface area (Å²) < 4.78 is 22.8. The van der Waals surface area contributed by atoms with E-state index >= 15 is 0 Å². The molecule has 64 heavy (non-hydrogen) atoms. The monoisotopic (exact) mass is 897 g/mol. The summed E-state index contributed by atoms with van der Waals surface area (Å²) in [7, 11) is 0. The number of allylic oxidation sites excluding steroid dienone is 16. The molecule has 1 heterocycles. The van der Waals surface area contributed by atoms with E-state index in [4.69, 9.17) is 18.9 Å². The number of ether oxygens (including phenoxy) is 4. The zero-order valence-electron chi connectivity index (χ0n) is 40.2. The van der Waals surface area contributed by atoms with Gasteiger partial charge in [0.1, 0.15) is 30.5 Å². The van der Waals surface area contributed by atoms with Gasteiger partial charge in [-0.3, -0.25) is 4.79 Å². The third-order valence-corrected chi connectivity index (χ3v) is 11.0. The number of carbonyl (C=O) groups is 1. The van der Waals surface area contributed by atoms with Crippen LogP contribution >= 0.6 is 0 Å². The van der Waals surface area contributed by atoms with Crippen molar-refractivity contribution in [3.05, 3.63) is 97.2 Å². The molecule has 0 bridgehead atoms. The number of hydrogen-bond donors (Lipinski definition) is 4. The molecule has 366 valence electrons. The molecule has 1 aliphatic rings. The Kier molecular flexibility index (Phi) is 41.8. The van der Waals surface area contributed by atoms with Crippen LogP contribution in [-0.2, 0) is 23.7 Å². The Labute approximate surface area is 390 Å². The van der Waals surface area contributed by atoms with Gasteiger partial charge >= 0.3 is 5.97 Å². The second-order valence-corrected chi connectivity index (χ2v) is 16.9. The first-order chi connectivity index (χ1) is 31.4. The molecular weight excluding hydrogens is 805 g/mol. The van der Waals surface area contributed by atoms with Crippen molar-refractivity contribution in [2.45, 2.75) is 218 Å². The summed E-state index contributed by atoms with van der Waals surface area (Å²) >= 11 is 0. The standard InChI is InChI=1S/C55H92O9/c1-3-5-7-9-11-13-15-17-19-21-23-25-26-28-30-32-34-36-38-40-42-44-51(57)63-49(48-62-55-54(60)53(59)52(58)50(46-56)64-55)47-61-45-43-41-39-37-35-33-31-29-27-24-22-20-18-16-14-12-10-8-6-4-2/h6,8,12,14-15,17-18,20-21,23-24,27,31,33,37,39,49-50,52-56,58-60H,3-5,7,9-11,13,16,19,22,25-26,28-30,32,34-36,38,40-48H2,1-2H3/b8-6-,14-12-,17-15-,20-18-,23-21-,27-24-,33-31-,39-37-. The molecule has 4 N–H and O–H groups in total. The molecule has 1 fully saturated rings. The Hall–Kier alpha value is -2.89. The largest absolute Gasteiger partial charge is 0.457 e. The van der Waals surface area contributed by atoms with Crippen molar-refractivity contribution in [2.24, 2.45) is 0 Å². The van der Waals surface area contributed by atoms with E-state index < -0.39 is 43.4 Å². The Morgan fingerprint density at radius 3 is 1.44 bits per heavy atom. The van der Waals surface area contributed by atoms with Gasteiger partial charge in [-0.05, 0) is 89.9 Å². The van der Waals surface area contributed by atoms with E-state index in [1.807, 2.05) is 0 Å². The van der Waals surface area contributed by atoms with Crippen LogP contribution in [0.15, 0.2) is 97.2 Å². The summed E-state index contributed by atoms with van der Waals surface area (Å²) in [6.45, 7) is 4.27. The number of esters is 1. The van der Waals surface area contributed by atoms with E-state index in [1.165, 1.54) is 83.5 Å². The average molecular weight is 897 g/mol. The van der Waals surface area contributed by atoms with Crippen molar-refractivity contribution in [3.8, 4) is 0 Å². The Morgan fingerprint density at radius 2 is 0.953 bits per heavy atom. The normalized spacial score (nSPS) is 20.4. The summed E-state index contributed by atoms with van der Waals surface area (Å²) in [6.07, 6.45) is 55.9. The van der Waals surface area contributed by atoms with Crippen LogP contribution in [0.25, 0.3) is 0 Å². The highest BCUT2D eigenvalue weighted by Gasteiger charge is 2.44. The van der Waals surface area contributed by atoms with Crippen LogP contribution < -0.4 is 0 Å². The second-order valence-electron chi connectivity index (χ2n) is 16.9. The Morgan fingerprint density at radius 1 is 0.516 bits per heavy atom. The average Bonchev–Trinajstić information content (AvgIpc) is 3.30. The van der Waals surface area contributed by atoms with Crippen molar-refractivity contribution >= 4 is 5.97 Å². The quantitative estimate of drug-likeness (QED) is 0.0268. The summed E-state index contributed by atoms with van der Waals surface area (Å²) in [5.74, 6) is -0.341. The van der Waals surface area contributed by atoms with Gasteiger partial charge in [0, 0.05) is 13.0 Å². The summed E-state index contributed by atoms with van der Waals surface area (Å²) in [4.78, 5) is 12.8. The maximum atomic E-state index is 12.8. The van der Waals surface area contributed by atoms with Gasteiger partial charge < -0.3 is 39.4 Å². The molecule has 0 saturated carbocycles. The van der Waals surface area contributed by atoms with Crippen molar-refractivity contribution in [3.63, 3.8) is 0 Å². The fraction of sp³-hybridized carbons (Fsp3) is 0.691. The summed E-state index contributed by atoms with van der Waals surface area (Å²) in [6, 6.07) is 0. The lowest BCUT2D eigenvalue weighted by Gasteiger charge is -2.39. The number of unbranched alkanes of at least 4 members (excludes halogenated alkanes) is 15. The molecule has 0 spiro atoms. The molecule has 0 radical (unpaired) electrons. The molecule has 0 aliphatic carbocycles. The van der Waals surface area contributed by atoms with Gasteiger partial charge in [-0.25, -0.2) is 0 Å². The SMILES string of the molecule is CC/C=C\C/C=C\C/C=C\C/C=C\C/C=C\C/C=C\CCCOCC(COC1OC(CO)C(O)C(O)C1O)OC(=O)CCCCCCCCCCC/C=C\C/C=C\CCCCCCC. The fourth-order valence-electron chi connectivity index (χ4n) is 7.07. The number of carbonyl (C=O) groups excluding carboxylic acids is 1. The molecule has 0 aromatic rings. The predicted molar refractivity (Wildman–Crippen MR) is 265 cm³/mol. The van der Waals surface area contributed by atoms with E-state index in [2.05, 4.69) is 111 Å². The number of rotatable bonds is 42. The molecular formula is C55H92O9.